The average molecular weight is 111 g/mol. The van der Waals surface area contributed by atoms with Gasteiger partial charge in [0.05, 0.1) is 24.6 Å². The van der Waals surface area contributed by atoms with Crippen LogP contribution in [-0.2, 0) is 4.29 Å². The van der Waals surface area contributed by atoms with E-state index in [2.05, 4.69) is 4.29 Å². The van der Waals surface area contributed by atoms with E-state index in [0.29, 0.717) is 0 Å². The molecule has 0 aliphatic rings. The maximum absolute atomic E-state index is 8.34. The molecule has 1 unspecified atom stereocenters. The molecule has 0 amide bonds. The second-order valence-corrected chi connectivity index (χ2v) is 1.34. The molecule has 0 spiro atoms. The number of hydrogen-bond donors (Lipinski definition) is 1. The van der Waals surface area contributed by atoms with Crippen molar-refractivity contribution in [1.29, 1.82) is 0 Å². The van der Waals surface area contributed by atoms with E-state index in [1.807, 2.05) is 0 Å². The zero-order valence-electron chi connectivity index (χ0n) is 3.52. The van der Waals surface area contributed by atoms with Crippen LogP contribution in [0.5, 0.6) is 0 Å². The van der Waals surface area contributed by atoms with Gasteiger partial charge < -0.3 is 5.11 Å². The van der Waals surface area contributed by atoms with E-state index < -0.39 is 6.10 Å². The van der Waals surface area contributed by atoms with Gasteiger partial charge in [-0.05, 0) is 6.92 Å². The summed E-state index contributed by atoms with van der Waals surface area (Å²) in [6.45, 7) is 1.80. The monoisotopic (exact) mass is 110 g/mol. The molecule has 0 aliphatic heterocycles. The summed E-state index contributed by atoms with van der Waals surface area (Å²) < 4.78 is 4.03. The van der Waals surface area contributed by atoms with Crippen molar-refractivity contribution in [3.05, 3.63) is 0 Å². The Morgan fingerprint density at radius 1 is 2.00 bits per heavy atom. The first-order chi connectivity index (χ1) is 2.77. The van der Waals surface area contributed by atoms with Crippen molar-refractivity contribution < 1.29 is 9.40 Å². The van der Waals surface area contributed by atoms with Gasteiger partial charge in [-0.15, -0.1) is 0 Å². The Morgan fingerprint density at radius 2 is 2.50 bits per heavy atom. The first-order valence-corrected chi connectivity index (χ1v) is 2.00. The van der Waals surface area contributed by atoms with Gasteiger partial charge in [-0.1, -0.05) is 0 Å². The van der Waals surface area contributed by atoms with E-state index in [-0.39, 0.29) is 6.61 Å². The van der Waals surface area contributed by atoms with Crippen molar-refractivity contribution in [1.82, 2.24) is 0 Å². The van der Waals surface area contributed by atoms with Gasteiger partial charge >= 0.3 is 0 Å². The van der Waals surface area contributed by atoms with Gasteiger partial charge in [0.25, 0.3) is 0 Å². The fourth-order valence-corrected chi connectivity index (χ4v) is 0.273. The molecule has 0 aromatic rings. The minimum atomic E-state index is -0.456. The van der Waals surface area contributed by atoms with Gasteiger partial charge in [-0.3, -0.25) is 4.29 Å². The zero-order valence-corrected chi connectivity index (χ0v) is 4.27. The van der Waals surface area contributed by atoms with E-state index in [9.17, 15) is 0 Å². The Balaban J connectivity index is 2.63. The maximum atomic E-state index is 8.34. The molecular weight excluding hydrogens is 103 g/mol. The Kier molecular flexibility index (Phi) is 3.52. The Morgan fingerprint density at radius 3 is 2.50 bits per heavy atom. The van der Waals surface area contributed by atoms with Crippen LogP contribution in [0.3, 0.4) is 0 Å². The first-order valence-electron chi connectivity index (χ1n) is 1.69. The van der Waals surface area contributed by atoms with Crippen molar-refractivity contribution in [2.75, 3.05) is 6.61 Å². The predicted octanol–water partition coefficient (Wildman–Crippen LogP) is 0.538. The van der Waals surface area contributed by atoms with Crippen LogP contribution in [0.15, 0.2) is 0 Å². The molecule has 0 bridgehead atoms. The summed E-state index contributed by atoms with van der Waals surface area (Å²) in [5.41, 5.74) is 0. The van der Waals surface area contributed by atoms with Crippen LogP contribution >= 0.6 is 11.9 Å². The van der Waals surface area contributed by atoms with E-state index in [1.165, 1.54) is 0 Å². The van der Waals surface area contributed by atoms with Gasteiger partial charge in [0.2, 0.25) is 0 Å². The first kappa shape index (κ1) is 6.21. The Bertz CT molecular complexity index is 30.0. The predicted molar refractivity (Wildman–Crippen MR) is 23.5 cm³/mol. The molecule has 0 aliphatic carbocycles. The van der Waals surface area contributed by atoms with Crippen LogP contribution < -0.4 is 0 Å². The Hall–Kier alpha value is 0.210. The quantitative estimate of drug-likeness (QED) is 0.562. The van der Waals surface area contributed by atoms with Gasteiger partial charge in [-0.25, -0.2) is 0 Å². The molecule has 0 heterocycles. The summed E-state index contributed by atoms with van der Waals surface area (Å²) in [6.07, 6.45) is -0.456. The summed E-state index contributed by atoms with van der Waals surface area (Å²) in [5.74, 6) is 0. The molecule has 1 atom stereocenters. The van der Waals surface area contributed by atoms with Gasteiger partial charge in [0.15, 0.2) is 0 Å². The van der Waals surface area contributed by atoms with Gasteiger partial charge in [-0.2, -0.15) is 0 Å². The number of aliphatic hydroxyl groups excluding tert-OH is 1. The smallest absolute Gasteiger partial charge is 0.0939 e. The van der Waals surface area contributed by atoms with Crippen LogP contribution in [0.25, 0.3) is 0 Å². The third-order valence-electron chi connectivity index (χ3n) is 0.304. The fraction of sp³-hybridized carbons (Fsp3) is 1.00. The van der Waals surface area contributed by atoms with Crippen molar-refractivity contribution in [2.24, 2.45) is 0 Å². The number of rotatable bonds is 2. The van der Waals surface area contributed by atoms with E-state index >= 15 is 0 Å². The maximum Gasteiger partial charge on any atom is 0.0939 e. The van der Waals surface area contributed by atoms with E-state index in [1.54, 1.807) is 6.92 Å². The van der Waals surface area contributed by atoms with Gasteiger partial charge in [0.1, 0.15) is 0 Å². The third kappa shape index (κ3) is 4.21. The number of aliphatic hydroxyl groups is 1. The summed E-state index contributed by atoms with van der Waals surface area (Å²) in [6, 6.07) is 0. The van der Waals surface area contributed by atoms with Crippen LogP contribution in [0.2, 0.25) is 0 Å². The van der Waals surface area contributed by atoms with Crippen LogP contribution in [0.4, 0.5) is 0 Å². The molecule has 1 N–H and O–H groups in total. The fourth-order valence-electron chi connectivity index (χ4n) is 0.0912. The summed E-state index contributed by atoms with van der Waals surface area (Å²) in [7, 11) is 0. The second-order valence-electron chi connectivity index (χ2n) is 1.12. The summed E-state index contributed by atoms with van der Waals surface area (Å²) in [5, 5.41) is 8.34. The topological polar surface area (TPSA) is 29.5 Å². The molecule has 0 fully saturated rings. The van der Waals surface area contributed by atoms with Crippen LogP contribution in [0, 0.1) is 0 Å². The molecule has 38 valence electrons. The molecular formula is C3H7ClO2. The van der Waals surface area contributed by atoms with E-state index in [4.69, 9.17) is 17.0 Å². The highest BCUT2D eigenvalue weighted by atomic mass is 35.5. The standard InChI is InChI=1S/C3H7ClO2/c1-3(5)2-6-4/h3,5H,2H2,1H3. The molecule has 0 rings (SSSR count). The van der Waals surface area contributed by atoms with Crippen molar-refractivity contribution in [3.63, 3.8) is 0 Å². The molecule has 2 nitrogen and oxygen atoms in total. The molecule has 6 heavy (non-hydrogen) atoms. The number of halogens is 1. The highest BCUT2D eigenvalue weighted by Gasteiger charge is 1.89. The molecule has 0 aromatic carbocycles. The van der Waals surface area contributed by atoms with Gasteiger partial charge in [0, 0.05) is 0 Å². The lowest BCUT2D eigenvalue weighted by molar-refractivity contribution is 0.129. The molecule has 0 saturated heterocycles. The van der Waals surface area contributed by atoms with Crippen LogP contribution in [0.1, 0.15) is 6.92 Å². The average Bonchev–Trinajstić information content (AvgIpc) is 1.35. The highest BCUT2D eigenvalue weighted by molar-refractivity contribution is 6.07. The summed E-state index contributed by atoms with van der Waals surface area (Å²) >= 11 is 4.74. The minimum Gasteiger partial charge on any atom is -0.391 e. The second kappa shape index (κ2) is 3.40. The Labute approximate surface area is 41.9 Å². The normalized spacial score (nSPS) is 14.5. The molecule has 0 radical (unpaired) electrons. The van der Waals surface area contributed by atoms with Crippen molar-refractivity contribution in [3.8, 4) is 0 Å². The molecule has 0 aromatic heterocycles. The van der Waals surface area contributed by atoms with Crippen molar-refractivity contribution >= 4 is 11.9 Å². The number of hydrogen-bond acceptors (Lipinski definition) is 2. The minimum absolute atomic E-state index is 0.196. The van der Waals surface area contributed by atoms with Crippen LogP contribution in [-0.4, -0.2) is 17.8 Å². The molecule has 0 saturated carbocycles. The molecule has 3 heteroatoms. The largest absolute Gasteiger partial charge is 0.391 e. The summed E-state index contributed by atoms with van der Waals surface area (Å²) in [4.78, 5) is 0. The van der Waals surface area contributed by atoms with E-state index in [0.717, 1.165) is 0 Å². The SMILES string of the molecule is CC(O)COCl. The highest BCUT2D eigenvalue weighted by Crippen LogP contribution is 1.83. The lowest BCUT2D eigenvalue weighted by atomic mass is 10.5. The van der Waals surface area contributed by atoms with Crippen molar-refractivity contribution in [2.45, 2.75) is 13.0 Å². The third-order valence-corrected chi connectivity index (χ3v) is 0.430. The lowest BCUT2D eigenvalue weighted by Gasteiger charge is -1.94. The lowest BCUT2D eigenvalue weighted by Crippen LogP contribution is -2.05. The zero-order chi connectivity index (χ0) is 4.99.